The molecule has 0 spiro atoms. The van der Waals surface area contributed by atoms with E-state index in [4.69, 9.17) is 16.0 Å². The lowest BCUT2D eigenvalue weighted by molar-refractivity contribution is -0.118. The molecular formula is C22H18ClFN2O3. The van der Waals surface area contributed by atoms with E-state index in [9.17, 15) is 14.0 Å². The van der Waals surface area contributed by atoms with Crippen LogP contribution >= 0.6 is 11.6 Å². The number of furan rings is 1. The Bertz CT molecular complexity index is 1100. The van der Waals surface area contributed by atoms with Gasteiger partial charge in [-0.15, -0.1) is 0 Å². The lowest BCUT2D eigenvalue weighted by Gasteiger charge is -2.17. The number of rotatable bonds is 5. The SMILES string of the molecule is Cc1occc1C(=O)Nc1cc(NC(=O)C2(c3cccc(Cl)c3)CC2)ccc1F. The highest BCUT2D eigenvalue weighted by Crippen LogP contribution is 2.49. The molecule has 0 aliphatic heterocycles. The van der Waals surface area contributed by atoms with Crippen LogP contribution in [0.25, 0.3) is 0 Å². The molecule has 1 aliphatic carbocycles. The van der Waals surface area contributed by atoms with E-state index in [-0.39, 0.29) is 11.6 Å². The van der Waals surface area contributed by atoms with E-state index in [1.165, 1.54) is 30.5 Å². The van der Waals surface area contributed by atoms with Crippen molar-refractivity contribution in [1.29, 1.82) is 0 Å². The monoisotopic (exact) mass is 412 g/mol. The van der Waals surface area contributed by atoms with Crippen LogP contribution in [-0.4, -0.2) is 11.8 Å². The van der Waals surface area contributed by atoms with Crippen molar-refractivity contribution in [3.63, 3.8) is 0 Å². The summed E-state index contributed by atoms with van der Waals surface area (Å²) in [5, 5.41) is 5.92. The summed E-state index contributed by atoms with van der Waals surface area (Å²) in [5.41, 5.74) is 0.909. The number of hydrogen-bond donors (Lipinski definition) is 2. The van der Waals surface area contributed by atoms with E-state index in [1.807, 2.05) is 12.1 Å². The zero-order valence-electron chi connectivity index (χ0n) is 15.6. The molecule has 29 heavy (non-hydrogen) atoms. The fourth-order valence-electron chi connectivity index (χ4n) is 3.32. The predicted octanol–water partition coefficient (Wildman–Crippen LogP) is 5.30. The largest absolute Gasteiger partial charge is 0.469 e. The molecule has 0 bridgehead atoms. The maximum absolute atomic E-state index is 14.2. The lowest BCUT2D eigenvalue weighted by Crippen LogP contribution is -2.27. The number of anilines is 2. The van der Waals surface area contributed by atoms with Crippen LogP contribution in [-0.2, 0) is 10.2 Å². The molecule has 7 heteroatoms. The number of hydrogen-bond acceptors (Lipinski definition) is 3. The minimum absolute atomic E-state index is 0.0268. The topological polar surface area (TPSA) is 71.3 Å². The van der Waals surface area contributed by atoms with Crippen molar-refractivity contribution in [2.24, 2.45) is 0 Å². The van der Waals surface area contributed by atoms with E-state index in [0.717, 1.165) is 5.56 Å². The minimum Gasteiger partial charge on any atom is -0.469 e. The van der Waals surface area contributed by atoms with Crippen LogP contribution in [0.4, 0.5) is 15.8 Å². The molecule has 1 saturated carbocycles. The summed E-state index contributed by atoms with van der Waals surface area (Å²) in [7, 11) is 0. The predicted molar refractivity (Wildman–Crippen MR) is 109 cm³/mol. The highest BCUT2D eigenvalue weighted by molar-refractivity contribution is 6.30. The van der Waals surface area contributed by atoms with Crippen molar-refractivity contribution in [3.8, 4) is 0 Å². The molecule has 2 amide bonds. The van der Waals surface area contributed by atoms with Crippen LogP contribution in [0.3, 0.4) is 0 Å². The van der Waals surface area contributed by atoms with Gasteiger partial charge in [0.1, 0.15) is 11.6 Å². The molecule has 148 valence electrons. The average Bonchev–Trinajstić information content (AvgIpc) is 3.40. The average molecular weight is 413 g/mol. The van der Waals surface area contributed by atoms with Gasteiger partial charge in [-0.2, -0.15) is 0 Å². The Balaban J connectivity index is 1.53. The summed E-state index contributed by atoms with van der Waals surface area (Å²) < 4.78 is 19.3. The number of nitrogens with one attached hydrogen (secondary N) is 2. The summed E-state index contributed by atoms with van der Waals surface area (Å²) in [4.78, 5) is 25.2. The highest BCUT2D eigenvalue weighted by atomic mass is 35.5. The summed E-state index contributed by atoms with van der Waals surface area (Å²) in [6, 6.07) is 12.8. The van der Waals surface area contributed by atoms with Gasteiger partial charge in [0.15, 0.2) is 0 Å². The zero-order valence-corrected chi connectivity index (χ0v) is 16.3. The molecule has 2 aromatic carbocycles. The summed E-state index contributed by atoms with van der Waals surface area (Å²) in [6.45, 7) is 1.65. The number of amides is 2. The second-order valence-corrected chi connectivity index (χ2v) is 7.52. The molecule has 1 fully saturated rings. The Morgan fingerprint density at radius 3 is 2.55 bits per heavy atom. The molecular weight excluding hydrogens is 395 g/mol. The van der Waals surface area contributed by atoms with Gasteiger partial charge in [-0.25, -0.2) is 4.39 Å². The molecule has 0 saturated heterocycles. The van der Waals surface area contributed by atoms with E-state index < -0.39 is 17.1 Å². The smallest absolute Gasteiger partial charge is 0.259 e. The van der Waals surface area contributed by atoms with Crippen LogP contribution in [0.1, 0.15) is 34.5 Å². The number of benzene rings is 2. The standard InChI is InChI=1S/C22H18ClFN2O3/c1-13-17(7-10-29-13)20(27)26-19-12-16(5-6-18(19)24)25-21(28)22(8-9-22)14-3-2-4-15(23)11-14/h2-7,10-12H,8-9H2,1H3,(H,25,28)(H,26,27). The van der Waals surface area contributed by atoms with Gasteiger partial charge in [-0.1, -0.05) is 23.7 Å². The number of aryl methyl sites for hydroxylation is 1. The van der Waals surface area contributed by atoms with Gasteiger partial charge in [0.05, 0.1) is 22.9 Å². The Kier molecular flexibility index (Phi) is 4.88. The Morgan fingerprint density at radius 2 is 1.90 bits per heavy atom. The van der Waals surface area contributed by atoms with E-state index in [0.29, 0.717) is 34.9 Å². The fraction of sp³-hybridized carbons (Fsp3) is 0.182. The summed E-state index contributed by atoms with van der Waals surface area (Å²) in [5.74, 6) is -0.844. The van der Waals surface area contributed by atoms with Crippen molar-refractivity contribution >= 4 is 34.8 Å². The normalized spacial score (nSPS) is 14.3. The summed E-state index contributed by atoms with van der Waals surface area (Å²) in [6.07, 6.45) is 2.82. The first-order valence-electron chi connectivity index (χ1n) is 9.11. The molecule has 4 rings (SSSR count). The van der Waals surface area contributed by atoms with E-state index >= 15 is 0 Å². The molecule has 1 heterocycles. The highest BCUT2D eigenvalue weighted by Gasteiger charge is 2.51. The van der Waals surface area contributed by atoms with Crippen LogP contribution in [0.2, 0.25) is 5.02 Å². The third-order valence-electron chi connectivity index (χ3n) is 5.14. The third kappa shape index (κ3) is 3.76. The van der Waals surface area contributed by atoms with Gasteiger partial charge < -0.3 is 15.1 Å². The van der Waals surface area contributed by atoms with E-state index in [2.05, 4.69) is 10.6 Å². The van der Waals surface area contributed by atoms with Crippen molar-refractivity contribution < 1.29 is 18.4 Å². The molecule has 1 aromatic heterocycles. The van der Waals surface area contributed by atoms with Crippen LogP contribution < -0.4 is 10.6 Å². The van der Waals surface area contributed by atoms with Crippen molar-refractivity contribution in [2.45, 2.75) is 25.2 Å². The first-order chi connectivity index (χ1) is 13.9. The van der Waals surface area contributed by atoms with Crippen LogP contribution in [0.5, 0.6) is 0 Å². The van der Waals surface area contributed by atoms with E-state index in [1.54, 1.807) is 19.1 Å². The van der Waals surface area contributed by atoms with Gasteiger partial charge in [0.25, 0.3) is 5.91 Å². The molecule has 5 nitrogen and oxygen atoms in total. The Labute approximate surface area is 171 Å². The molecule has 3 aromatic rings. The maximum atomic E-state index is 14.2. The van der Waals surface area contributed by atoms with Crippen LogP contribution in [0.15, 0.2) is 59.2 Å². The molecule has 0 radical (unpaired) electrons. The molecule has 2 N–H and O–H groups in total. The lowest BCUT2D eigenvalue weighted by atomic mass is 9.95. The number of carbonyl (C=O) groups is 2. The van der Waals surface area contributed by atoms with Gasteiger partial charge in [-0.05, 0) is 61.7 Å². The van der Waals surface area contributed by atoms with Gasteiger partial charge >= 0.3 is 0 Å². The first-order valence-corrected chi connectivity index (χ1v) is 9.49. The number of carbonyl (C=O) groups excluding carboxylic acids is 2. The first kappa shape index (κ1) is 19.2. The molecule has 0 atom stereocenters. The van der Waals surface area contributed by atoms with Crippen LogP contribution in [0, 0.1) is 12.7 Å². The van der Waals surface area contributed by atoms with Gasteiger partial charge in [-0.3, -0.25) is 9.59 Å². The second kappa shape index (κ2) is 7.37. The van der Waals surface area contributed by atoms with Crippen molar-refractivity contribution in [1.82, 2.24) is 0 Å². The Morgan fingerprint density at radius 1 is 1.10 bits per heavy atom. The maximum Gasteiger partial charge on any atom is 0.259 e. The third-order valence-corrected chi connectivity index (χ3v) is 5.37. The molecule has 1 aliphatic rings. The second-order valence-electron chi connectivity index (χ2n) is 7.09. The number of halogens is 2. The van der Waals surface area contributed by atoms with Crippen molar-refractivity contribution in [2.75, 3.05) is 10.6 Å². The zero-order chi connectivity index (χ0) is 20.6. The van der Waals surface area contributed by atoms with Gasteiger partial charge in [0.2, 0.25) is 5.91 Å². The summed E-state index contributed by atoms with van der Waals surface area (Å²) >= 11 is 6.06. The minimum atomic E-state index is -0.628. The van der Waals surface area contributed by atoms with Crippen molar-refractivity contribution in [3.05, 3.63) is 82.5 Å². The Hall–Kier alpha value is -3.12. The quantitative estimate of drug-likeness (QED) is 0.597. The molecule has 0 unspecified atom stereocenters. The van der Waals surface area contributed by atoms with Gasteiger partial charge in [0, 0.05) is 10.7 Å². The fourth-order valence-corrected chi connectivity index (χ4v) is 3.51.